The summed E-state index contributed by atoms with van der Waals surface area (Å²) in [7, 11) is 1.56. The van der Waals surface area contributed by atoms with Gasteiger partial charge in [0.2, 0.25) is 5.91 Å². The Balaban J connectivity index is 1.66. The molecule has 0 unspecified atom stereocenters. The van der Waals surface area contributed by atoms with Crippen LogP contribution in [0.5, 0.6) is 0 Å². The SMILES string of the molecule is Cc1ccnc(NC(=O)CN(C)C(=O)c2ccc(-n3c(C)c[nH]c3=O)cc2)c1. The van der Waals surface area contributed by atoms with Crippen LogP contribution in [0.3, 0.4) is 0 Å². The quantitative estimate of drug-likeness (QED) is 0.707. The van der Waals surface area contributed by atoms with Crippen molar-refractivity contribution in [3.05, 3.63) is 76.1 Å². The lowest BCUT2D eigenvalue weighted by Crippen LogP contribution is -2.35. The van der Waals surface area contributed by atoms with Crippen molar-refractivity contribution >= 4 is 17.6 Å². The normalized spacial score (nSPS) is 10.5. The highest BCUT2D eigenvalue weighted by molar-refractivity contribution is 5.99. The molecule has 8 nitrogen and oxygen atoms in total. The Labute approximate surface area is 161 Å². The molecule has 0 aliphatic rings. The van der Waals surface area contributed by atoms with Crippen molar-refractivity contribution in [2.24, 2.45) is 0 Å². The highest BCUT2D eigenvalue weighted by Crippen LogP contribution is 2.12. The minimum absolute atomic E-state index is 0.105. The van der Waals surface area contributed by atoms with Gasteiger partial charge in [-0.3, -0.25) is 14.2 Å². The summed E-state index contributed by atoms with van der Waals surface area (Å²) in [6, 6.07) is 10.2. The number of imidazole rings is 1. The zero-order valence-corrected chi connectivity index (χ0v) is 15.9. The number of anilines is 1. The number of rotatable bonds is 5. The molecule has 144 valence electrons. The van der Waals surface area contributed by atoms with Gasteiger partial charge in [0, 0.05) is 30.7 Å². The van der Waals surface area contributed by atoms with Gasteiger partial charge in [-0.2, -0.15) is 0 Å². The van der Waals surface area contributed by atoms with Gasteiger partial charge in [0.25, 0.3) is 5.91 Å². The average molecular weight is 379 g/mol. The molecule has 2 amide bonds. The summed E-state index contributed by atoms with van der Waals surface area (Å²) in [5.74, 6) is -0.181. The number of aromatic nitrogens is 3. The number of carbonyl (C=O) groups is 2. The molecule has 2 heterocycles. The number of likely N-dealkylation sites (N-methyl/N-ethyl adjacent to an activating group) is 1. The lowest BCUT2D eigenvalue weighted by atomic mass is 10.2. The van der Waals surface area contributed by atoms with Gasteiger partial charge < -0.3 is 15.2 Å². The molecule has 3 rings (SSSR count). The summed E-state index contributed by atoms with van der Waals surface area (Å²) in [5.41, 5.74) is 2.59. The fourth-order valence-corrected chi connectivity index (χ4v) is 2.82. The molecular weight excluding hydrogens is 358 g/mol. The molecule has 3 aromatic rings. The second-order valence-corrected chi connectivity index (χ2v) is 6.55. The van der Waals surface area contributed by atoms with Crippen molar-refractivity contribution in [2.75, 3.05) is 18.9 Å². The molecule has 0 fully saturated rings. The van der Waals surface area contributed by atoms with E-state index in [0.717, 1.165) is 11.3 Å². The summed E-state index contributed by atoms with van der Waals surface area (Å²) in [6.07, 6.45) is 3.23. The maximum Gasteiger partial charge on any atom is 0.330 e. The third-order valence-corrected chi connectivity index (χ3v) is 4.24. The number of hydrogen-bond acceptors (Lipinski definition) is 4. The molecule has 0 aliphatic carbocycles. The topological polar surface area (TPSA) is 100 Å². The fourth-order valence-electron chi connectivity index (χ4n) is 2.82. The van der Waals surface area contributed by atoms with Gasteiger partial charge >= 0.3 is 5.69 Å². The maximum atomic E-state index is 12.6. The number of aromatic amines is 1. The standard InChI is InChI=1S/C20H21N5O3/c1-13-8-9-21-17(10-13)23-18(26)12-24(3)19(27)15-4-6-16(7-5-15)25-14(2)11-22-20(25)28/h4-11H,12H2,1-3H3,(H,22,28)(H,21,23,26). The summed E-state index contributed by atoms with van der Waals surface area (Å²) < 4.78 is 1.51. The molecule has 1 aromatic carbocycles. The zero-order chi connectivity index (χ0) is 20.3. The molecule has 0 atom stereocenters. The lowest BCUT2D eigenvalue weighted by molar-refractivity contribution is -0.116. The zero-order valence-electron chi connectivity index (χ0n) is 15.9. The maximum absolute atomic E-state index is 12.6. The number of nitrogens with zero attached hydrogens (tertiary/aromatic N) is 3. The van der Waals surface area contributed by atoms with Crippen LogP contribution in [0.15, 0.2) is 53.6 Å². The third kappa shape index (κ3) is 4.17. The van der Waals surface area contributed by atoms with Crippen molar-refractivity contribution in [2.45, 2.75) is 13.8 Å². The Morgan fingerprint density at radius 1 is 1.18 bits per heavy atom. The van der Waals surface area contributed by atoms with Crippen molar-refractivity contribution < 1.29 is 9.59 Å². The largest absolute Gasteiger partial charge is 0.332 e. The number of amides is 2. The van der Waals surface area contributed by atoms with Crippen LogP contribution in [0.2, 0.25) is 0 Å². The first-order valence-electron chi connectivity index (χ1n) is 8.70. The smallest absolute Gasteiger partial charge is 0.330 e. The Morgan fingerprint density at radius 2 is 1.89 bits per heavy atom. The van der Waals surface area contributed by atoms with Crippen molar-refractivity contribution in [1.29, 1.82) is 0 Å². The molecule has 0 bridgehead atoms. The van der Waals surface area contributed by atoms with E-state index >= 15 is 0 Å². The van der Waals surface area contributed by atoms with Crippen LogP contribution in [-0.4, -0.2) is 44.8 Å². The molecular formula is C20H21N5O3. The van der Waals surface area contributed by atoms with Crippen molar-refractivity contribution in [1.82, 2.24) is 19.4 Å². The van der Waals surface area contributed by atoms with E-state index in [0.29, 0.717) is 17.1 Å². The van der Waals surface area contributed by atoms with E-state index < -0.39 is 0 Å². The Morgan fingerprint density at radius 3 is 2.50 bits per heavy atom. The molecule has 28 heavy (non-hydrogen) atoms. The van der Waals surface area contributed by atoms with Crippen LogP contribution in [0.25, 0.3) is 5.69 Å². The van der Waals surface area contributed by atoms with Crippen molar-refractivity contribution in [3.63, 3.8) is 0 Å². The van der Waals surface area contributed by atoms with E-state index in [1.54, 1.807) is 49.8 Å². The second kappa shape index (κ2) is 7.91. The summed E-state index contributed by atoms with van der Waals surface area (Å²) in [5, 5.41) is 2.67. The monoisotopic (exact) mass is 379 g/mol. The van der Waals surface area contributed by atoms with Gasteiger partial charge in [-0.25, -0.2) is 9.78 Å². The first-order valence-corrected chi connectivity index (χ1v) is 8.70. The highest BCUT2D eigenvalue weighted by atomic mass is 16.2. The molecule has 0 radical (unpaired) electrons. The number of benzene rings is 1. The Bertz CT molecular complexity index is 1070. The number of hydrogen-bond donors (Lipinski definition) is 2. The number of H-pyrrole nitrogens is 1. The van der Waals surface area contributed by atoms with Gasteiger partial charge in [-0.15, -0.1) is 0 Å². The van der Waals surface area contributed by atoms with Gasteiger partial charge in [0.05, 0.1) is 12.2 Å². The first-order chi connectivity index (χ1) is 13.3. The predicted octanol–water partition coefficient (Wildman–Crippen LogP) is 1.89. The Kier molecular flexibility index (Phi) is 5.39. The number of carbonyl (C=O) groups excluding carboxylic acids is 2. The van der Waals surface area contributed by atoms with E-state index in [-0.39, 0.29) is 24.0 Å². The fraction of sp³-hybridized carbons (Fsp3) is 0.200. The molecule has 2 aromatic heterocycles. The van der Waals surface area contributed by atoms with Crippen LogP contribution in [0, 0.1) is 13.8 Å². The van der Waals surface area contributed by atoms with Crippen molar-refractivity contribution in [3.8, 4) is 5.69 Å². The molecule has 0 saturated heterocycles. The number of pyridine rings is 1. The molecule has 0 saturated carbocycles. The van der Waals surface area contributed by atoms with Gasteiger partial charge in [-0.1, -0.05) is 0 Å². The molecule has 0 spiro atoms. The van der Waals surface area contributed by atoms with Gasteiger partial charge in [-0.05, 0) is 55.8 Å². The lowest BCUT2D eigenvalue weighted by Gasteiger charge is -2.17. The van der Waals surface area contributed by atoms with E-state index in [2.05, 4.69) is 15.3 Å². The van der Waals surface area contributed by atoms with Crippen LogP contribution in [-0.2, 0) is 4.79 Å². The minimum atomic E-state index is -0.333. The van der Waals surface area contributed by atoms with Crippen LogP contribution in [0.1, 0.15) is 21.6 Å². The van der Waals surface area contributed by atoms with Gasteiger partial charge in [0.15, 0.2) is 0 Å². The molecule has 2 N–H and O–H groups in total. The minimum Gasteiger partial charge on any atom is -0.332 e. The second-order valence-electron chi connectivity index (χ2n) is 6.55. The van der Waals surface area contributed by atoms with E-state index in [4.69, 9.17) is 0 Å². The Hall–Kier alpha value is -3.68. The highest BCUT2D eigenvalue weighted by Gasteiger charge is 2.16. The van der Waals surface area contributed by atoms with Crippen LogP contribution >= 0.6 is 0 Å². The molecule has 8 heteroatoms. The summed E-state index contributed by atoms with van der Waals surface area (Å²) >= 11 is 0. The van der Waals surface area contributed by atoms with E-state index in [9.17, 15) is 14.4 Å². The third-order valence-electron chi connectivity index (χ3n) is 4.24. The van der Waals surface area contributed by atoms with Crippen LogP contribution < -0.4 is 11.0 Å². The molecule has 0 aliphatic heterocycles. The van der Waals surface area contributed by atoms with E-state index in [1.807, 2.05) is 19.9 Å². The summed E-state index contributed by atoms with van der Waals surface area (Å²) in [4.78, 5) is 44.6. The predicted molar refractivity (Wildman–Crippen MR) is 106 cm³/mol. The first kappa shape index (κ1) is 19.1. The summed E-state index contributed by atoms with van der Waals surface area (Å²) in [6.45, 7) is 3.61. The number of nitrogens with one attached hydrogen (secondary N) is 2. The van der Waals surface area contributed by atoms with E-state index in [1.165, 1.54) is 9.47 Å². The number of aryl methyl sites for hydroxylation is 2. The average Bonchev–Trinajstić information content (AvgIpc) is 2.99. The van der Waals surface area contributed by atoms with Gasteiger partial charge in [0.1, 0.15) is 5.82 Å². The van der Waals surface area contributed by atoms with Crippen LogP contribution in [0.4, 0.5) is 5.82 Å².